The zero-order chi connectivity index (χ0) is 14.7. The molecule has 0 amide bonds. The number of aromatic carboxylic acids is 1. The molecule has 0 saturated carbocycles. The third kappa shape index (κ3) is 3.04. The average molecular weight is 286 g/mol. The molecule has 0 spiro atoms. The topological polar surface area (TPSA) is 80.0 Å². The summed E-state index contributed by atoms with van der Waals surface area (Å²) in [5.41, 5.74) is 2.38. The van der Waals surface area contributed by atoms with Gasteiger partial charge in [0.05, 0.1) is 6.54 Å². The summed E-state index contributed by atoms with van der Waals surface area (Å²) in [6.07, 6.45) is 7.69. The lowest BCUT2D eigenvalue weighted by atomic mass is 9.95. The number of rotatable bonds is 5. The highest BCUT2D eigenvalue weighted by Gasteiger charge is 2.18. The van der Waals surface area contributed by atoms with Gasteiger partial charge in [-0.1, -0.05) is 0 Å². The predicted octanol–water partition coefficient (Wildman–Crippen LogP) is 1.97. The van der Waals surface area contributed by atoms with Crippen molar-refractivity contribution in [1.29, 1.82) is 0 Å². The van der Waals surface area contributed by atoms with Crippen LogP contribution in [-0.4, -0.2) is 32.4 Å². The summed E-state index contributed by atoms with van der Waals surface area (Å²) in [6, 6.07) is 3.64. The molecule has 0 fully saturated rings. The van der Waals surface area contributed by atoms with Crippen LogP contribution in [-0.2, 0) is 19.4 Å². The zero-order valence-electron chi connectivity index (χ0n) is 11.7. The van der Waals surface area contributed by atoms with Crippen molar-refractivity contribution in [3.8, 4) is 0 Å². The van der Waals surface area contributed by atoms with Crippen molar-refractivity contribution in [2.24, 2.45) is 0 Å². The molecule has 2 heterocycles. The lowest BCUT2D eigenvalue weighted by Gasteiger charge is -2.18. The first-order valence-electron chi connectivity index (χ1n) is 7.21. The van der Waals surface area contributed by atoms with Gasteiger partial charge in [-0.3, -0.25) is 4.68 Å². The molecule has 6 heteroatoms. The summed E-state index contributed by atoms with van der Waals surface area (Å²) in [5.74, 6) is -0.465. The molecule has 110 valence electrons. The molecule has 21 heavy (non-hydrogen) atoms. The molecule has 1 aliphatic rings. The molecule has 0 aromatic carbocycles. The van der Waals surface area contributed by atoms with E-state index in [4.69, 9.17) is 0 Å². The molecule has 0 atom stereocenters. The largest absolute Gasteiger partial charge is 0.478 e. The first kappa shape index (κ1) is 13.6. The number of nitrogens with zero attached hydrogens (tertiary/aromatic N) is 3. The average Bonchev–Trinajstić information content (AvgIpc) is 2.99. The molecule has 2 N–H and O–H groups in total. The van der Waals surface area contributed by atoms with Gasteiger partial charge >= 0.3 is 5.97 Å². The van der Waals surface area contributed by atoms with Crippen LogP contribution in [0.4, 0.5) is 5.82 Å². The van der Waals surface area contributed by atoms with Crippen LogP contribution in [0.5, 0.6) is 0 Å². The Bertz CT molecular complexity index is 637. The number of aryl methyl sites for hydroxylation is 2. The minimum absolute atomic E-state index is 0.260. The van der Waals surface area contributed by atoms with Crippen LogP contribution in [0.2, 0.25) is 0 Å². The summed E-state index contributed by atoms with van der Waals surface area (Å²) < 4.78 is 1.80. The number of aromatic nitrogens is 3. The molecule has 6 nitrogen and oxygen atoms in total. The summed E-state index contributed by atoms with van der Waals surface area (Å²) >= 11 is 0. The van der Waals surface area contributed by atoms with Crippen LogP contribution in [0.3, 0.4) is 0 Å². The molecular formula is C15H18N4O2. The SMILES string of the molecule is O=C(O)c1cc2c(nc1NCCn1cccn1)CCCC2. The number of nitrogens with one attached hydrogen (secondary N) is 1. The van der Waals surface area contributed by atoms with Gasteiger partial charge < -0.3 is 10.4 Å². The smallest absolute Gasteiger partial charge is 0.339 e. The molecule has 3 rings (SSSR count). The van der Waals surface area contributed by atoms with Crippen LogP contribution < -0.4 is 5.32 Å². The minimum atomic E-state index is -0.933. The fraction of sp³-hybridized carbons (Fsp3) is 0.400. The summed E-state index contributed by atoms with van der Waals surface area (Å²) in [4.78, 5) is 15.9. The Kier molecular flexibility index (Phi) is 3.85. The molecule has 0 bridgehead atoms. The van der Waals surface area contributed by atoms with Crippen LogP contribution in [0.15, 0.2) is 24.5 Å². The van der Waals surface area contributed by atoms with Gasteiger partial charge in [0.2, 0.25) is 0 Å². The Balaban J connectivity index is 1.77. The van der Waals surface area contributed by atoms with Crippen LogP contribution in [0.25, 0.3) is 0 Å². The van der Waals surface area contributed by atoms with Crippen LogP contribution in [0, 0.1) is 0 Å². The van der Waals surface area contributed by atoms with Crippen molar-refractivity contribution in [3.63, 3.8) is 0 Å². The number of carbonyl (C=O) groups is 1. The van der Waals surface area contributed by atoms with Gasteiger partial charge in [0.25, 0.3) is 0 Å². The van der Waals surface area contributed by atoms with E-state index in [2.05, 4.69) is 15.4 Å². The Labute approximate surface area is 122 Å². The lowest BCUT2D eigenvalue weighted by molar-refractivity contribution is 0.0697. The normalized spacial score (nSPS) is 13.7. The maximum absolute atomic E-state index is 11.4. The number of hydrogen-bond donors (Lipinski definition) is 2. The van der Waals surface area contributed by atoms with Crippen molar-refractivity contribution < 1.29 is 9.90 Å². The van der Waals surface area contributed by atoms with Gasteiger partial charge in [0, 0.05) is 24.6 Å². The van der Waals surface area contributed by atoms with Crippen molar-refractivity contribution in [3.05, 3.63) is 41.3 Å². The number of fused-ring (bicyclic) bond motifs is 1. The van der Waals surface area contributed by atoms with E-state index in [-0.39, 0.29) is 5.56 Å². The Morgan fingerprint density at radius 3 is 3.00 bits per heavy atom. The Morgan fingerprint density at radius 2 is 2.24 bits per heavy atom. The number of anilines is 1. The van der Waals surface area contributed by atoms with Gasteiger partial charge in [0.15, 0.2) is 0 Å². The number of carboxylic acid groups (broad SMARTS) is 1. The van der Waals surface area contributed by atoms with E-state index < -0.39 is 5.97 Å². The third-order valence-corrected chi connectivity index (χ3v) is 3.72. The van der Waals surface area contributed by atoms with E-state index >= 15 is 0 Å². The fourth-order valence-corrected chi connectivity index (χ4v) is 2.65. The lowest BCUT2D eigenvalue weighted by Crippen LogP contribution is -2.17. The minimum Gasteiger partial charge on any atom is -0.478 e. The van der Waals surface area contributed by atoms with E-state index in [1.165, 1.54) is 0 Å². The van der Waals surface area contributed by atoms with E-state index in [9.17, 15) is 9.90 Å². The predicted molar refractivity (Wildman–Crippen MR) is 78.6 cm³/mol. The number of hydrogen-bond acceptors (Lipinski definition) is 4. The zero-order valence-corrected chi connectivity index (χ0v) is 11.7. The van der Waals surface area contributed by atoms with Gasteiger partial charge in [-0.05, 0) is 43.4 Å². The van der Waals surface area contributed by atoms with E-state index in [0.29, 0.717) is 18.9 Å². The number of carboxylic acids is 1. The van der Waals surface area contributed by atoms with Gasteiger partial charge in [0.1, 0.15) is 11.4 Å². The van der Waals surface area contributed by atoms with Gasteiger partial charge in [-0.2, -0.15) is 5.10 Å². The maximum Gasteiger partial charge on any atom is 0.339 e. The first-order valence-corrected chi connectivity index (χ1v) is 7.21. The molecular weight excluding hydrogens is 268 g/mol. The van der Waals surface area contributed by atoms with Crippen molar-refractivity contribution in [2.75, 3.05) is 11.9 Å². The molecule has 0 radical (unpaired) electrons. The van der Waals surface area contributed by atoms with Crippen molar-refractivity contribution in [1.82, 2.24) is 14.8 Å². The molecule has 2 aromatic rings. The van der Waals surface area contributed by atoms with Crippen LogP contribution >= 0.6 is 0 Å². The second-order valence-corrected chi connectivity index (χ2v) is 5.20. The molecule has 1 aliphatic carbocycles. The quantitative estimate of drug-likeness (QED) is 0.878. The van der Waals surface area contributed by atoms with Crippen LogP contribution in [0.1, 0.15) is 34.5 Å². The highest BCUT2D eigenvalue weighted by Crippen LogP contribution is 2.24. The summed E-state index contributed by atoms with van der Waals surface area (Å²) in [7, 11) is 0. The van der Waals surface area contributed by atoms with E-state index in [1.807, 2.05) is 12.3 Å². The molecule has 2 aromatic heterocycles. The fourth-order valence-electron chi connectivity index (χ4n) is 2.65. The van der Waals surface area contributed by atoms with E-state index in [0.717, 1.165) is 36.9 Å². The summed E-state index contributed by atoms with van der Waals surface area (Å²) in [6.45, 7) is 1.26. The second kappa shape index (κ2) is 5.95. The molecule has 0 aliphatic heterocycles. The third-order valence-electron chi connectivity index (χ3n) is 3.72. The maximum atomic E-state index is 11.4. The van der Waals surface area contributed by atoms with Gasteiger partial charge in [-0.15, -0.1) is 0 Å². The summed E-state index contributed by atoms with van der Waals surface area (Å²) in [5, 5.41) is 16.6. The highest BCUT2D eigenvalue weighted by molar-refractivity contribution is 5.93. The monoisotopic (exact) mass is 286 g/mol. The number of pyridine rings is 1. The van der Waals surface area contributed by atoms with Crippen molar-refractivity contribution >= 4 is 11.8 Å². The molecule has 0 unspecified atom stereocenters. The Morgan fingerprint density at radius 1 is 1.38 bits per heavy atom. The van der Waals surface area contributed by atoms with Gasteiger partial charge in [-0.25, -0.2) is 9.78 Å². The first-order chi connectivity index (χ1) is 10.2. The highest BCUT2D eigenvalue weighted by atomic mass is 16.4. The van der Waals surface area contributed by atoms with Crippen molar-refractivity contribution in [2.45, 2.75) is 32.2 Å². The van der Waals surface area contributed by atoms with E-state index in [1.54, 1.807) is 16.9 Å². The standard InChI is InChI=1S/C15H18N4O2/c20-15(21)12-10-11-4-1-2-5-13(11)18-14(12)16-7-9-19-8-3-6-17-19/h3,6,8,10H,1-2,4-5,7,9H2,(H,16,18)(H,20,21). The second-order valence-electron chi connectivity index (χ2n) is 5.20. The Hall–Kier alpha value is -2.37. The molecule has 0 saturated heterocycles.